The number of piperidine rings is 1. The van der Waals surface area contributed by atoms with Crippen molar-refractivity contribution in [1.29, 1.82) is 5.26 Å². The molecule has 3 rings (SSSR count). The Hall–Kier alpha value is -2.13. The summed E-state index contributed by atoms with van der Waals surface area (Å²) in [5.41, 5.74) is 1.25. The predicted molar refractivity (Wildman–Crippen MR) is 63.6 cm³/mol. The second-order valence-electron chi connectivity index (χ2n) is 4.41. The van der Waals surface area contributed by atoms with E-state index in [9.17, 15) is 0 Å². The number of aromatic amines is 1. The molecule has 6 heteroatoms. The van der Waals surface area contributed by atoms with Crippen molar-refractivity contribution in [2.75, 3.05) is 13.1 Å². The molecule has 0 aromatic carbocycles. The van der Waals surface area contributed by atoms with Crippen LogP contribution >= 0.6 is 0 Å². The normalized spacial score (nSPS) is 19.6. The summed E-state index contributed by atoms with van der Waals surface area (Å²) >= 11 is 0. The third-order valence-corrected chi connectivity index (χ3v) is 3.15. The minimum atomic E-state index is 0.321. The lowest BCUT2D eigenvalue weighted by atomic mass is 9.99. The number of nitrogens with zero attached hydrogens (tertiary/aromatic N) is 3. The lowest BCUT2D eigenvalue weighted by Crippen LogP contribution is -2.28. The van der Waals surface area contributed by atoms with Gasteiger partial charge in [0, 0.05) is 18.7 Å². The number of hydrogen-bond donors (Lipinski definition) is 2. The van der Waals surface area contributed by atoms with Gasteiger partial charge in [0.2, 0.25) is 0 Å². The van der Waals surface area contributed by atoms with Crippen molar-refractivity contribution >= 4 is 0 Å². The van der Waals surface area contributed by atoms with Crippen LogP contribution in [0.2, 0.25) is 0 Å². The maximum atomic E-state index is 8.76. The van der Waals surface area contributed by atoms with Crippen LogP contribution in [0, 0.1) is 11.3 Å². The molecule has 18 heavy (non-hydrogen) atoms. The van der Waals surface area contributed by atoms with Gasteiger partial charge >= 0.3 is 0 Å². The zero-order chi connectivity index (χ0) is 12.4. The van der Waals surface area contributed by atoms with E-state index in [0.29, 0.717) is 23.1 Å². The van der Waals surface area contributed by atoms with Crippen molar-refractivity contribution in [3.63, 3.8) is 0 Å². The molecule has 2 aromatic heterocycles. The number of hydrogen-bond acceptors (Lipinski definition) is 5. The standard InChI is InChI=1S/C12H13N5O/c13-5-8-4-10(15-6-8)12-16-11(17-18-12)9-2-1-3-14-7-9/h4,6,9,14-15H,1-3,7H2/t9-/m0/s1. The monoisotopic (exact) mass is 243 g/mol. The highest BCUT2D eigenvalue weighted by Crippen LogP contribution is 2.23. The molecule has 0 bridgehead atoms. The van der Waals surface area contributed by atoms with E-state index in [1.54, 1.807) is 12.3 Å². The maximum absolute atomic E-state index is 8.76. The summed E-state index contributed by atoms with van der Waals surface area (Å²) in [4.78, 5) is 7.35. The van der Waals surface area contributed by atoms with Crippen molar-refractivity contribution in [1.82, 2.24) is 20.4 Å². The van der Waals surface area contributed by atoms with Gasteiger partial charge in [-0.1, -0.05) is 5.16 Å². The van der Waals surface area contributed by atoms with E-state index in [1.807, 2.05) is 0 Å². The summed E-state index contributed by atoms with van der Waals surface area (Å²) in [6.45, 7) is 1.95. The number of nitriles is 1. The van der Waals surface area contributed by atoms with Crippen LogP contribution in [0.4, 0.5) is 0 Å². The minimum absolute atomic E-state index is 0.321. The van der Waals surface area contributed by atoms with Gasteiger partial charge in [0.1, 0.15) is 11.8 Å². The van der Waals surface area contributed by atoms with Crippen molar-refractivity contribution < 1.29 is 4.52 Å². The van der Waals surface area contributed by atoms with Crippen LogP contribution in [-0.2, 0) is 0 Å². The van der Waals surface area contributed by atoms with Gasteiger partial charge in [-0.3, -0.25) is 0 Å². The topological polar surface area (TPSA) is 90.5 Å². The van der Waals surface area contributed by atoms with Crippen LogP contribution in [0.15, 0.2) is 16.8 Å². The molecule has 0 radical (unpaired) electrons. The molecule has 0 amide bonds. The van der Waals surface area contributed by atoms with Gasteiger partial charge in [-0.25, -0.2) is 0 Å². The predicted octanol–water partition coefficient (Wildman–Crippen LogP) is 1.40. The molecule has 92 valence electrons. The van der Waals surface area contributed by atoms with Gasteiger partial charge < -0.3 is 14.8 Å². The van der Waals surface area contributed by atoms with Crippen molar-refractivity contribution in [2.24, 2.45) is 0 Å². The second kappa shape index (κ2) is 4.63. The molecule has 0 unspecified atom stereocenters. The highest BCUT2D eigenvalue weighted by Gasteiger charge is 2.21. The quantitative estimate of drug-likeness (QED) is 0.832. The Morgan fingerprint density at radius 3 is 3.17 bits per heavy atom. The third-order valence-electron chi connectivity index (χ3n) is 3.15. The van der Waals surface area contributed by atoms with Crippen LogP contribution in [0.1, 0.15) is 30.1 Å². The molecule has 6 nitrogen and oxygen atoms in total. The molecule has 1 atom stereocenters. The van der Waals surface area contributed by atoms with E-state index in [2.05, 4.69) is 26.5 Å². The summed E-state index contributed by atoms with van der Waals surface area (Å²) in [6, 6.07) is 3.76. The van der Waals surface area contributed by atoms with Gasteiger partial charge in [-0.05, 0) is 25.5 Å². The fourth-order valence-corrected chi connectivity index (χ4v) is 2.16. The zero-order valence-electron chi connectivity index (χ0n) is 9.81. The lowest BCUT2D eigenvalue weighted by Gasteiger charge is -2.19. The first-order valence-corrected chi connectivity index (χ1v) is 6.00. The number of rotatable bonds is 2. The lowest BCUT2D eigenvalue weighted by molar-refractivity contribution is 0.392. The molecule has 2 N–H and O–H groups in total. The molecule has 1 fully saturated rings. The SMILES string of the molecule is N#Cc1c[nH]c(-c2nc([C@H]3CCCNC3)no2)c1. The van der Waals surface area contributed by atoms with Gasteiger partial charge in [-0.2, -0.15) is 10.2 Å². The molecule has 3 heterocycles. The largest absolute Gasteiger partial charge is 0.356 e. The molecule has 1 aliphatic rings. The van der Waals surface area contributed by atoms with E-state index >= 15 is 0 Å². The smallest absolute Gasteiger partial charge is 0.274 e. The molecular formula is C12H13N5O. The Bertz CT molecular complexity index is 573. The summed E-state index contributed by atoms with van der Waals surface area (Å²) < 4.78 is 5.23. The van der Waals surface area contributed by atoms with E-state index in [4.69, 9.17) is 9.78 Å². The van der Waals surface area contributed by atoms with E-state index in [1.165, 1.54) is 0 Å². The van der Waals surface area contributed by atoms with E-state index in [0.717, 1.165) is 31.8 Å². The maximum Gasteiger partial charge on any atom is 0.274 e. The van der Waals surface area contributed by atoms with Crippen LogP contribution in [0.5, 0.6) is 0 Å². The van der Waals surface area contributed by atoms with Crippen LogP contribution in [0.25, 0.3) is 11.6 Å². The third kappa shape index (κ3) is 2.00. The molecular weight excluding hydrogens is 230 g/mol. The molecule has 2 aromatic rings. The van der Waals surface area contributed by atoms with Crippen molar-refractivity contribution in [3.05, 3.63) is 23.7 Å². The van der Waals surface area contributed by atoms with Gasteiger partial charge in [0.15, 0.2) is 5.82 Å². The van der Waals surface area contributed by atoms with Crippen LogP contribution in [-0.4, -0.2) is 28.2 Å². The first-order chi connectivity index (χ1) is 8.86. The Labute approximate surface area is 104 Å². The molecule has 1 aliphatic heterocycles. The summed E-state index contributed by atoms with van der Waals surface area (Å²) in [5.74, 6) is 1.50. The number of H-pyrrole nitrogens is 1. The summed E-state index contributed by atoms with van der Waals surface area (Å²) in [5, 5.41) is 16.1. The molecule has 0 spiro atoms. The number of nitrogens with one attached hydrogen (secondary N) is 2. The van der Waals surface area contributed by atoms with Crippen LogP contribution < -0.4 is 5.32 Å². The van der Waals surface area contributed by atoms with Gasteiger partial charge in [-0.15, -0.1) is 0 Å². The second-order valence-corrected chi connectivity index (χ2v) is 4.41. The van der Waals surface area contributed by atoms with Crippen molar-refractivity contribution in [2.45, 2.75) is 18.8 Å². The zero-order valence-corrected chi connectivity index (χ0v) is 9.81. The van der Waals surface area contributed by atoms with Crippen molar-refractivity contribution in [3.8, 4) is 17.7 Å². The van der Waals surface area contributed by atoms with E-state index in [-0.39, 0.29) is 0 Å². The molecule has 1 saturated heterocycles. The Morgan fingerprint density at radius 1 is 1.50 bits per heavy atom. The molecule has 0 aliphatic carbocycles. The first-order valence-electron chi connectivity index (χ1n) is 6.00. The minimum Gasteiger partial charge on any atom is -0.356 e. The Morgan fingerprint density at radius 2 is 2.44 bits per heavy atom. The average molecular weight is 243 g/mol. The number of aromatic nitrogens is 3. The highest BCUT2D eigenvalue weighted by molar-refractivity contribution is 5.51. The van der Waals surface area contributed by atoms with Crippen LogP contribution in [0.3, 0.4) is 0 Å². The van der Waals surface area contributed by atoms with E-state index < -0.39 is 0 Å². The Kier molecular flexibility index (Phi) is 2.82. The summed E-state index contributed by atoms with van der Waals surface area (Å²) in [7, 11) is 0. The molecule has 0 saturated carbocycles. The van der Waals surface area contributed by atoms with Gasteiger partial charge in [0.25, 0.3) is 5.89 Å². The fraction of sp³-hybridized carbons (Fsp3) is 0.417. The summed E-state index contributed by atoms with van der Waals surface area (Å²) in [6.07, 6.45) is 3.84. The first kappa shape index (κ1) is 11.0. The van der Waals surface area contributed by atoms with Gasteiger partial charge in [0.05, 0.1) is 5.56 Å². The Balaban J connectivity index is 1.82. The fourth-order valence-electron chi connectivity index (χ4n) is 2.16. The highest BCUT2D eigenvalue weighted by atomic mass is 16.5. The average Bonchev–Trinajstić information content (AvgIpc) is 3.08.